The molecule has 4 heteroatoms. The van der Waals surface area contributed by atoms with Crippen molar-refractivity contribution in [3.05, 3.63) is 39.9 Å². The normalized spacial score (nSPS) is 9.19. The molecule has 0 saturated heterocycles. The molecule has 1 heterocycles. The highest BCUT2D eigenvalue weighted by Gasteiger charge is 2.00. The lowest BCUT2D eigenvalue weighted by molar-refractivity contribution is 1.50. The number of nitrogens with one attached hydrogen (secondary N) is 1. The van der Waals surface area contributed by atoms with Gasteiger partial charge in [0.15, 0.2) is 0 Å². The molecule has 1 N–H and O–H groups in total. The second-order valence-electron chi connectivity index (χ2n) is 2.82. The highest BCUT2D eigenvalue weighted by atomic mass is 32.9. The summed E-state index contributed by atoms with van der Waals surface area (Å²) in [7, 11) is 4.69. The number of anilines is 1. The smallest absolute Gasteiger partial charge is 0.243 e. The van der Waals surface area contributed by atoms with Crippen molar-refractivity contribution in [3.63, 3.8) is 0 Å². The zero-order valence-electron chi connectivity index (χ0n) is 9.61. The lowest BCUT2D eigenvalue weighted by Crippen LogP contribution is -1.86. The number of hydrogen-bond donors (Lipinski definition) is 1. The minimum atomic E-state index is 0.127. The van der Waals surface area contributed by atoms with Gasteiger partial charge in [0.2, 0.25) is 4.74 Å². The van der Waals surface area contributed by atoms with Crippen molar-refractivity contribution in [1.29, 1.82) is 0 Å². The van der Waals surface area contributed by atoms with Crippen molar-refractivity contribution < 1.29 is 0 Å². The van der Waals surface area contributed by atoms with E-state index in [-0.39, 0.29) is 4.74 Å². The Balaban J connectivity index is 0.000000606. The summed E-state index contributed by atoms with van der Waals surface area (Å²) < 4.78 is 0.127. The Labute approximate surface area is 103 Å². The third kappa shape index (κ3) is 3.18. The van der Waals surface area contributed by atoms with Crippen LogP contribution in [-0.2, 0) is 0 Å². The van der Waals surface area contributed by atoms with Gasteiger partial charge in [0, 0.05) is 23.7 Å². The molecule has 0 unspecified atom stereocenters. The summed E-state index contributed by atoms with van der Waals surface area (Å²) in [5.41, 5.74) is 2.18. The maximum Gasteiger partial charge on any atom is 0.243 e. The molecule has 0 spiro atoms. The van der Waals surface area contributed by atoms with Gasteiger partial charge in [0.05, 0.1) is 0 Å². The van der Waals surface area contributed by atoms with Crippen LogP contribution in [0.15, 0.2) is 35.1 Å². The Hall–Kier alpha value is -1.13. The molecule has 0 aliphatic carbocycles. The van der Waals surface area contributed by atoms with E-state index in [2.05, 4.69) is 5.32 Å². The largest absolute Gasteiger partial charge is 0.388 e. The summed E-state index contributed by atoms with van der Waals surface area (Å²) in [5.74, 6) is 0. The molecule has 0 aliphatic heterocycles. The van der Waals surface area contributed by atoms with Crippen LogP contribution < -0.4 is 10.1 Å². The van der Waals surface area contributed by atoms with Crippen molar-refractivity contribution in [2.45, 2.75) is 13.8 Å². The van der Waals surface area contributed by atoms with Gasteiger partial charge in [0.25, 0.3) is 0 Å². The Bertz CT molecular complexity index is 470. The van der Waals surface area contributed by atoms with Gasteiger partial charge in [0.1, 0.15) is 0 Å². The first-order chi connectivity index (χ1) is 7.79. The zero-order valence-corrected chi connectivity index (χ0v) is 11.2. The van der Waals surface area contributed by atoms with Crippen molar-refractivity contribution in [2.75, 3.05) is 12.4 Å². The van der Waals surface area contributed by atoms with Gasteiger partial charge in [-0.25, -0.2) is 0 Å². The molecule has 2 rings (SSSR count). The lowest BCUT2D eigenvalue weighted by Gasteiger charge is -2.00. The predicted octanol–water partition coefficient (Wildman–Crippen LogP) is 3.90. The lowest BCUT2D eigenvalue weighted by atomic mass is 10.2. The molecule has 2 nitrogen and oxygen atoms in total. The van der Waals surface area contributed by atoms with E-state index in [0.29, 0.717) is 0 Å². The number of hydrogen-bond acceptors (Lipinski definition) is 4. The van der Waals surface area contributed by atoms with Crippen molar-refractivity contribution in [3.8, 4) is 10.4 Å². The maximum atomic E-state index is 11.0. The molecule has 0 fully saturated rings. The summed E-state index contributed by atoms with van der Waals surface area (Å²) in [4.78, 5) is 12.0. The van der Waals surface area contributed by atoms with Crippen LogP contribution in [0.3, 0.4) is 0 Å². The summed E-state index contributed by atoms with van der Waals surface area (Å²) >= 11 is 0. The Morgan fingerprint density at radius 1 is 1.06 bits per heavy atom. The Morgan fingerprint density at radius 2 is 1.69 bits per heavy atom. The van der Waals surface area contributed by atoms with E-state index < -0.39 is 0 Å². The molecular formula is C12H15NOS2. The van der Waals surface area contributed by atoms with Gasteiger partial charge in [-0.3, -0.25) is 4.79 Å². The fourth-order valence-electron chi connectivity index (χ4n) is 1.17. The fraction of sp³-hybridized carbons (Fsp3) is 0.250. The van der Waals surface area contributed by atoms with Crippen LogP contribution in [0, 0.1) is 0 Å². The highest BCUT2D eigenvalue weighted by molar-refractivity contribution is 7.69. The molecule has 1 aromatic carbocycles. The van der Waals surface area contributed by atoms with E-state index >= 15 is 0 Å². The van der Waals surface area contributed by atoms with Gasteiger partial charge < -0.3 is 5.32 Å². The first-order valence-corrected chi connectivity index (χ1v) is 7.33. The Morgan fingerprint density at radius 3 is 2.12 bits per heavy atom. The standard InChI is InChI=1S/C10H9NOS2.C2H6/c1-11-8-4-2-7(3-5-8)9-6-10(12)14-13-9;1-2/h2-6,11H,1H3;1-2H3. The SMILES string of the molecule is CC.CNc1ccc(-c2cc(=O)ss2)cc1. The van der Waals surface area contributed by atoms with E-state index in [1.165, 1.54) is 20.7 Å². The van der Waals surface area contributed by atoms with Crippen molar-refractivity contribution in [1.82, 2.24) is 0 Å². The second kappa shape index (κ2) is 6.45. The first kappa shape index (κ1) is 12.9. The topological polar surface area (TPSA) is 29.1 Å². The minimum Gasteiger partial charge on any atom is -0.388 e. The molecule has 1 aromatic heterocycles. The molecule has 2 aromatic rings. The van der Waals surface area contributed by atoms with E-state index in [4.69, 9.17) is 0 Å². The summed E-state index contributed by atoms with van der Waals surface area (Å²) in [6, 6.07) is 9.73. The molecule has 0 bridgehead atoms. The average Bonchev–Trinajstić information content (AvgIpc) is 2.79. The van der Waals surface area contributed by atoms with Gasteiger partial charge in [-0.05, 0) is 28.0 Å². The molecular weight excluding hydrogens is 238 g/mol. The van der Waals surface area contributed by atoms with Gasteiger partial charge >= 0.3 is 0 Å². The molecule has 16 heavy (non-hydrogen) atoms. The van der Waals surface area contributed by atoms with Crippen LogP contribution in [0.5, 0.6) is 0 Å². The molecule has 0 radical (unpaired) electrons. The average molecular weight is 253 g/mol. The summed E-state index contributed by atoms with van der Waals surface area (Å²) in [5, 5.41) is 3.06. The summed E-state index contributed by atoms with van der Waals surface area (Å²) in [6.45, 7) is 4.00. The number of benzene rings is 1. The molecule has 0 saturated carbocycles. The van der Waals surface area contributed by atoms with E-state index in [1.54, 1.807) is 6.07 Å². The second-order valence-corrected chi connectivity index (χ2v) is 5.00. The number of rotatable bonds is 2. The quantitative estimate of drug-likeness (QED) is 0.822. The van der Waals surface area contributed by atoms with Crippen molar-refractivity contribution >= 4 is 26.4 Å². The van der Waals surface area contributed by atoms with Gasteiger partial charge in [-0.2, -0.15) is 0 Å². The maximum absolute atomic E-state index is 11.0. The molecule has 0 amide bonds. The fourth-order valence-corrected chi connectivity index (χ4v) is 3.07. The Kier molecular flexibility index (Phi) is 5.22. The first-order valence-electron chi connectivity index (χ1n) is 5.18. The van der Waals surface area contributed by atoms with Crippen LogP contribution in [0.1, 0.15) is 13.8 Å². The van der Waals surface area contributed by atoms with Gasteiger partial charge in [-0.15, -0.1) is 0 Å². The highest BCUT2D eigenvalue weighted by Crippen LogP contribution is 2.25. The zero-order chi connectivity index (χ0) is 12.0. The van der Waals surface area contributed by atoms with Crippen LogP contribution in [0.2, 0.25) is 0 Å². The van der Waals surface area contributed by atoms with Crippen LogP contribution >= 0.6 is 20.7 Å². The van der Waals surface area contributed by atoms with E-state index in [0.717, 1.165) is 16.1 Å². The third-order valence-electron chi connectivity index (χ3n) is 1.92. The molecule has 0 aliphatic rings. The monoisotopic (exact) mass is 253 g/mol. The molecule has 86 valence electrons. The third-order valence-corrected chi connectivity index (χ3v) is 4.10. The summed E-state index contributed by atoms with van der Waals surface area (Å²) in [6.07, 6.45) is 0. The molecule has 0 atom stereocenters. The van der Waals surface area contributed by atoms with Crippen molar-refractivity contribution in [2.24, 2.45) is 0 Å². The van der Waals surface area contributed by atoms with Gasteiger partial charge in [-0.1, -0.05) is 36.3 Å². The van der Waals surface area contributed by atoms with E-state index in [9.17, 15) is 4.79 Å². The van der Waals surface area contributed by atoms with Crippen LogP contribution in [0.25, 0.3) is 10.4 Å². The predicted molar refractivity (Wildman–Crippen MR) is 74.8 cm³/mol. The van der Waals surface area contributed by atoms with E-state index in [1.807, 2.05) is 45.2 Å². The minimum absolute atomic E-state index is 0.127. The van der Waals surface area contributed by atoms with Crippen LogP contribution in [-0.4, -0.2) is 7.05 Å². The van der Waals surface area contributed by atoms with Crippen LogP contribution in [0.4, 0.5) is 5.69 Å².